The summed E-state index contributed by atoms with van der Waals surface area (Å²) in [5, 5.41) is 11.8. The van der Waals surface area contributed by atoms with Crippen molar-refractivity contribution in [3.05, 3.63) is 35.4 Å². The Morgan fingerprint density at radius 2 is 1.79 bits per heavy atom. The normalized spacial score (nSPS) is 12.7. The van der Waals surface area contributed by atoms with E-state index >= 15 is 0 Å². The van der Waals surface area contributed by atoms with Gasteiger partial charge in [-0.1, -0.05) is 45.0 Å². The quantitative estimate of drug-likeness (QED) is 0.671. The Labute approximate surface area is 143 Å². The van der Waals surface area contributed by atoms with Gasteiger partial charge in [-0.3, -0.25) is 4.79 Å². The number of carbonyl (C=O) groups excluding carboxylic acids is 1. The molecule has 1 atom stereocenters. The molecule has 0 saturated heterocycles. The van der Waals surface area contributed by atoms with Crippen LogP contribution in [0.25, 0.3) is 0 Å². The van der Waals surface area contributed by atoms with Crippen LogP contribution < -0.4 is 5.32 Å². The summed E-state index contributed by atoms with van der Waals surface area (Å²) < 4.78 is 9.89. The highest BCUT2D eigenvalue weighted by molar-refractivity contribution is 5.84. The number of aliphatic carboxylic acids is 1. The van der Waals surface area contributed by atoms with Gasteiger partial charge < -0.3 is 19.9 Å². The molecule has 0 aliphatic rings. The number of hydrogen-bond donors (Lipinski definition) is 2. The summed E-state index contributed by atoms with van der Waals surface area (Å²) in [7, 11) is 1.54. The third-order valence-corrected chi connectivity index (χ3v) is 3.56. The van der Waals surface area contributed by atoms with E-state index in [4.69, 9.17) is 9.47 Å². The molecule has 6 heteroatoms. The Morgan fingerprint density at radius 1 is 1.17 bits per heavy atom. The number of carboxylic acid groups (broad SMARTS) is 1. The van der Waals surface area contributed by atoms with E-state index in [1.165, 1.54) is 12.7 Å². The fraction of sp³-hybridized carbons (Fsp3) is 0.556. The van der Waals surface area contributed by atoms with E-state index in [0.29, 0.717) is 6.61 Å². The van der Waals surface area contributed by atoms with Crippen LogP contribution in [-0.2, 0) is 30.9 Å². The molecular formula is C18H27NO5. The molecule has 0 unspecified atom stereocenters. The molecule has 1 aromatic carbocycles. The van der Waals surface area contributed by atoms with Gasteiger partial charge in [-0.15, -0.1) is 0 Å². The lowest BCUT2D eigenvalue weighted by atomic mass is 9.86. The molecule has 0 fully saturated rings. The maximum absolute atomic E-state index is 11.8. The Balaban J connectivity index is 2.60. The molecule has 0 spiro atoms. The molecule has 0 bridgehead atoms. The number of carbonyl (C=O) groups is 2. The van der Waals surface area contributed by atoms with E-state index in [1.807, 2.05) is 24.3 Å². The zero-order valence-corrected chi connectivity index (χ0v) is 14.8. The first-order chi connectivity index (χ1) is 11.2. The summed E-state index contributed by atoms with van der Waals surface area (Å²) in [5.74, 6) is -1.52. The minimum absolute atomic E-state index is 0.0402. The zero-order chi connectivity index (χ0) is 18.2. The fourth-order valence-corrected chi connectivity index (χ4v) is 2.12. The Hall–Kier alpha value is -1.92. The van der Waals surface area contributed by atoms with Crippen molar-refractivity contribution in [1.29, 1.82) is 0 Å². The van der Waals surface area contributed by atoms with Gasteiger partial charge in [0.15, 0.2) is 0 Å². The van der Waals surface area contributed by atoms with E-state index in [1.54, 1.807) is 0 Å². The van der Waals surface area contributed by atoms with E-state index < -0.39 is 17.9 Å². The van der Waals surface area contributed by atoms with E-state index in [2.05, 4.69) is 26.1 Å². The molecule has 0 heterocycles. The van der Waals surface area contributed by atoms with Gasteiger partial charge in [-0.2, -0.15) is 0 Å². The predicted molar refractivity (Wildman–Crippen MR) is 91.1 cm³/mol. The van der Waals surface area contributed by atoms with Crippen molar-refractivity contribution in [2.24, 2.45) is 0 Å². The maximum Gasteiger partial charge on any atom is 0.326 e. The summed E-state index contributed by atoms with van der Waals surface area (Å²) in [6.07, 6.45) is 0.226. The molecular weight excluding hydrogens is 310 g/mol. The van der Waals surface area contributed by atoms with Gasteiger partial charge >= 0.3 is 5.97 Å². The van der Waals surface area contributed by atoms with Gasteiger partial charge in [0, 0.05) is 13.5 Å². The standard InChI is InChI=1S/C18H27NO5/c1-18(2,3)14-7-5-13(6-8-14)11-15(17(21)22)19-16(20)12-24-10-9-23-4/h5-8,15H,9-12H2,1-4H3,(H,19,20)(H,21,22)/t15-/m0/s1. The van der Waals surface area contributed by atoms with Crippen LogP contribution in [-0.4, -0.2) is 50.0 Å². The van der Waals surface area contributed by atoms with Crippen molar-refractivity contribution in [2.45, 2.75) is 38.6 Å². The van der Waals surface area contributed by atoms with E-state index in [0.717, 1.165) is 5.56 Å². The zero-order valence-electron chi connectivity index (χ0n) is 14.8. The topological polar surface area (TPSA) is 84.9 Å². The molecule has 0 aromatic heterocycles. The second kappa shape index (κ2) is 9.39. The smallest absolute Gasteiger partial charge is 0.326 e. The van der Waals surface area contributed by atoms with Crippen LogP contribution >= 0.6 is 0 Å². The second-order valence-corrected chi connectivity index (χ2v) is 6.65. The highest BCUT2D eigenvalue weighted by atomic mass is 16.5. The van der Waals surface area contributed by atoms with Gasteiger partial charge in [0.2, 0.25) is 5.91 Å². The molecule has 2 N–H and O–H groups in total. The number of benzene rings is 1. The number of hydrogen-bond acceptors (Lipinski definition) is 4. The first-order valence-electron chi connectivity index (χ1n) is 7.92. The van der Waals surface area contributed by atoms with Gasteiger partial charge in [-0.25, -0.2) is 4.79 Å². The van der Waals surface area contributed by atoms with Crippen LogP contribution in [0.5, 0.6) is 0 Å². The number of nitrogens with one attached hydrogen (secondary N) is 1. The van der Waals surface area contributed by atoms with Gasteiger partial charge in [0.05, 0.1) is 13.2 Å². The average molecular weight is 337 g/mol. The molecule has 0 aliphatic carbocycles. The lowest BCUT2D eigenvalue weighted by Crippen LogP contribution is -2.44. The first-order valence-corrected chi connectivity index (χ1v) is 7.92. The van der Waals surface area contributed by atoms with Crippen molar-refractivity contribution >= 4 is 11.9 Å². The van der Waals surface area contributed by atoms with Crippen molar-refractivity contribution in [1.82, 2.24) is 5.32 Å². The summed E-state index contributed by atoms with van der Waals surface area (Å²) in [6, 6.07) is 6.80. The van der Waals surface area contributed by atoms with Crippen molar-refractivity contribution in [3.8, 4) is 0 Å². The van der Waals surface area contributed by atoms with Crippen molar-refractivity contribution in [2.75, 3.05) is 26.9 Å². The summed E-state index contributed by atoms with van der Waals surface area (Å²) in [5.41, 5.74) is 2.07. The van der Waals surface area contributed by atoms with Crippen LogP contribution in [0.1, 0.15) is 31.9 Å². The van der Waals surface area contributed by atoms with E-state index in [-0.39, 0.29) is 25.0 Å². The third kappa shape index (κ3) is 7.10. The molecule has 0 aliphatic heterocycles. The number of rotatable bonds is 9. The Morgan fingerprint density at radius 3 is 2.29 bits per heavy atom. The molecule has 1 aromatic rings. The van der Waals surface area contributed by atoms with Crippen LogP contribution in [0.3, 0.4) is 0 Å². The summed E-state index contributed by atoms with van der Waals surface area (Å²) in [6.45, 7) is 6.84. The second-order valence-electron chi connectivity index (χ2n) is 6.65. The van der Waals surface area contributed by atoms with Gasteiger partial charge in [0.25, 0.3) is 0 Å². The highest BCUT2D eigenvalue weighted by Gasteiger charge is 2.21. The Bertz CT molecular complexity index is 533. The summed E-state index contributed by atoms with van der Waals surface area (Å²) >= 11 is 0. The monoisotopic (exact) mass is 337 g/mol. The predicted octanol–water partition coefficient (Wildman–Crippen LogP) is 1.76. The van der Waals surface area contributed by atoms with Gasteiger partial charge in [-0.05, 0) is 16.5 Å². The molecule has 6 nitrogen and oxygen atoms in total. The minimum atomic E-state index is -1.07. The molecule has 0 radical (unpaired) electrons. The largest absolute Gasteiger partial charge is 0.480 e. The lowest BCUT2D eigenvalue weighted by molar-refractivity contribution is -0.142. The third-order valence-electron chi connectivity index (χ3n) is 3.56. The molecule has 1 rings (SSSR count). The average Bonchev–Trinajstić information content (AvgIpc) is 2.50. The number of carboxylic acids is 1. The number of methoxy groups -OCH3 is 1. The van der Waals surface area contributed by atoms with Crippen LogP contribution in [0.4, 0.5) is 0 Å². The number of amides is 1. The van der Waals surface area contributed by atoms with Crippen LogP contribution in [0.15, 0.2) is 24.3 Å². The van der Waals surface area contributed by atoms with Crippen LogP contribution in [0, 0.1) is 0 Å². The van der Waals surface area contributed by atoms with Crippen molar-refractivity contribution < 1.29 is 24.2 Å². The fourth-order valence-electron chi connectivity index (χ4n) is 2.12. The number of ether oxygens (including phenoxy) is 2. The van der Waals surface area contributed by atoms with Gasteiger partial charge in [0.1, 0.15) is 12.6 Å². The maximum atomic E-state index is 11.8. The minimum Gasteiger partial charge on any atom is -0.480 e. The highest BCUT2D eigenvalue weighted by Crippen LogP contribution is 2.22. The van der Waals surface area contributed by atoms with E-state index in [9.17, 15) is 14.7 Å². The Kier molecular flexibility index (Phi) is 7.88. The molecule has 1 amide bonds. The van der Waals surface area contributed by atoms with Crippen molar-refractivity contribution in [3.63, 3.8) is 0 Å². The molecule has 0 saturated carbocycles. The molecule has 24 heavy (non-hydrogen) atoms. The molecule has 134 valence electrons. The van der Waals surface area contributed by atoms with Crippen LogP contribution in [0.2, 0.25) is 0 Å². The SMILES string of the molecule is COCCOCC(=O)N[C@@H](Cc1ccc(C(C)(C)C)cc1)C(=O)O. The summed E-state index contributed by atoms with van der Waals surface area (Å²) in [4.78, 5) is 23.1. The lowest BCUT2D eigenvalue weighted by Gasteiger charge is -2.20. The first kappa shape index (κ1) is 20.1.